The molecule has 0 aromatic rings. The maximum Gasteiger partial charge on any atom is 0.324 e. The van der Waals surface area contributed by atoms with E-state index in [0.717, 1.165) is 0 Å². The van der Waals surface area contributed by atoms with Crippen molar-refractivity contribution in [3.8, 4) is 12.3 Å². The van der Waals surface area contributed by atoms with Gasteiger partial charge < -0.3 is 14.2 Å². The smallest absolute Gasteiger partial charge is 0.324 e. The monoisotopic (exact) mass is 296 g/mol. The third-order valence-electron chi connectivity index (χ3n) is 2.86. The van der Waals surface area contributed by atoms with Gasteiger partial charge in [-0.2, -0.15) is 0 Å². The van der Waals surface area contributed by atoms with Gasteiger partial charge in [0.1, 0.15) is 6.61 Å². The highest BCUT2D eigenvalue weighted by Crippen LogP contribution is 2.33. The maximum absolute atomic E-state index is 12.0. The lowest BCUT2D eigenvalue weighted by Gasteiger charge is -2.26. The minimum absolute atomic E-state index is 0.0256. The minimum Gasteiger partial charge on any atom is -0.468 e. The Bertz CT molecular complexity index is 453. The fraction of sp³-hybridized carbons (Fsp3) is 0.533. The lowest BCUT2D eigenvalue weighted by Crippen LogP contribution is -2.41. The summed E-state index contributed by atoms with van der Waals surface area (Å²) in [6, 6.07) is 0. The first-order valence-corrected chi connectivity index (χ1v) is 6.23. The Morgan fingerprint density at radius 1 is 1.14 bits per heavy atom. The van der Waals surface area contributed by atoms with Crippen LogP contribution < -0.4 is 0 Å². The number of methoxy groups -OCH3 is 2. The molecule has 0 aromatic carbocycles. The summed E-state index contributed by atoms with van der Waals surface area (Å²) >= 11 is 0. The van der Waals surface area contributed by atoms with Crippen LogP contribution in [0.25, 0.3) is 0 Å². The molecule has 0 heterocycles. The second-order valence-electron chi connectivity index (χ2n) is 4.48. The van der Waals surface area contributed by atoms with E-state index in [-0.39, 0.29) is 19.4 Å². The van der Waals surface area contributed by atoms with E-state index in [2.05, 4.69) is 15.4 Å². The van der Waals surface area contributed by atoms with Crippen molar-refractivity contribution in [2.45, 2.75) is 26.7 Å². The number of carbonyl (C=O) groups is 3. The van der Waals surface area contributed by atoms with Crippen molar-refractivity contribution < 1.29 is 28.6 Å². The van der Waals surface area contributed by atoms with Gasteiger partial charge in [0.05, 0.1) is 14.2 Å². The Morgan fingerprint density at radius 2 is 1.67 bits per heavy atom. The van der Waals surface area contributed by atoms with E-state index in [1.54, 1.807) is 13.0 Å². The molecule has 0 radical (unpaired) electrons. The molecule has 116 valence electrons. The van der Waals surface area contributed by atoms with Crippen LogP contribution in [0.3, 0.4) is 0 Å². The summed E-state index contributed by atoms with van der Waals surface area (Å²) in [7, 11) is 2.35. The average Bonchev–Trinajstić information content (AvgIpc) is 2.44. The molecule has 0 aliphatic rings. The van der Waals surface area contributed by atoms with Gasteiger partial charge in [-0.3, -0.25) is 14.4 Å². The van der Waals surface area contributed by atoms with Crippen molar-refractivity contribution in [2.24, 2.45) is 5.41 Å². The molecule has 0 saturated heterocycles. The fourth-order valence-corrected chi connectivity index (χ4v) is 1.85. The van der Waals surface area contributed by atoms with Crippen LogP contribution in [0.1, 0.15) is 26.7 Å². The zero-order chi connectivity index (χ0) is 16.5. The number of hydrogen-bond acceptors (Lipinski definition) is 6. The molecule has 0 amide bonds. The summed E-state index contributed by atoms with van der Waals surface area (Å²) in [6.45, 7) is 3.03. The topological polar surface area (TPSA) is 78.9 Å². The van der Waals surface area contributed by atoms with Gasteiger partial charge in [-0.1, -0.05) is 5.57 Å². The number of hydrogen-bond donors (Lipinski definition) is 0. The molecule has 0 spiro atoms. The van der Waals surface area contributed by atoms with Crippen molar-refractivity contribution in [2.75, 3.05) is 20.8 Å². The molecule has 0 aliphatic heterocycles. The molecule has 21 heavy (non-hydrogen) atoms. The summed E-state index contributed by atoms with van der Waals surface area (Å²) in [5.41, 5.74) is -0.933. The molecule has 0 aliphatic carbocycles. The average molecular weight is 296 g/mol. The number of terminal acetylenes is 1. The van der Waals surface area contributed by atoms with Gasteiger partial charge in [0.15, 0.2) is 5.41 Å². The van der Waals surface area contributed by atoms with Crippen LogP contribution in [0.15, 0.2) is 11.6 Å². The van der Waals surface area contributed by atoms with Gasteiger partial charge in [-0.15, -0.1) is 12.3 Å². The molecule has 0 unspecified atom stereocenters. The van der Waals surface area contributed by atoms with Gasteiger partial charge in [0.25, 0.3) is 0 Å². The van der Waals surface area contributed by atoms with Crippen molar-refractivity contribution in [1.82, 2.24) is 0 Å². The van der Waals surface area contributed by atoms with E-state index >= 15 is 0 Å². The van der Waals surface area contributed by atoms with Crippen molar-refractivity contribution in [3.63, 3.8) is 0 Å². The summed E-state index contributed by atoms with van der Waals surface area (Å²) in [4.78, 5) is 34.7. The Labute approximate surface area is 124 Å². The van der Waals surface area contributed by atoms with Crippen LogP contribution in [0.4, 0.5) is 0 Å². The summed E-state index contributed by atoms with van der Waals surface area (Å²) < 4.78 is 14.1. The number of ether oxygens (including phenoxy) is 3. The van der Waals surface area contributed by atoms with E-state index in [9.17, 15) is 14.4 Å². The predicted molar refractivity (Wildman–Crippen MR) is 74.9 cm³/mol. The Kier molecular flexibility index (Phi) is 7.84. The van der Waals surface area contributed by atoms with E-state index < -0.39 is 23.3 Å². The van der Waals surface area contributed by atoms with Gasteiger partial charge in [0.2, 0.25) is 0 Å². The highest BCUT2D eigenvalue weighted by molar-refractivity contribution is 6.00. The van der Waals surface area contributed by atoms with E-state index in [1.165, 1.54) is 21.1 Å². The third-order valence-corrected chi connectivity index (χ3v) is 2.86. The number of esters is 3. The van der Waals surface area contributed by atoms with Crippen LogP contribution in [0, 0.1) is 17.8 Å². The maximum atomic E-state index is 12.0. The minimum atomic E-state index is -1.59. The molecule has 6 nitrogen and oxygen atoms in total. The van der Waals surface area contributed by atoms with Crippen LogP contribution in [0.2, 0.25) is 0 Å². The summed E-state index contributed by atoms with van der Waals surface area (Å²) in [5, 5.41) is 0. The molecule has 0 saturated carbocycles. The highest BCUT2D eigenvalue weighted by Gasteiger charge is 2.47. The third kappa shape index (κ3) is 5.30. The summed E-state index contributed by atoms with van der Waals surface area (Å²) in [5.74, 6) is 0.369. The standard InChI is InChI=1S/C15H20O6/c1-6-8-15(13(17)19-4,14(18)20-5)10-11(2)7-9-21-12(3)16/h1,7H,8-10H2,2-5H3/b11-7-. The first-order valence-electron chi connectivity index (χ1n) is 6.23. The number of rotatable bonds is 7. The molecular formula is C15H20O6. The summed E-state index contributed by atoms with van der Waals surface area (Å²) in [6.07, 6.45) is 6.73. The second kappa shape index (κ2) is 8.80. The van der Waals surface area contributed by atoms with E-state index in [4.69, 9.17) is 11.2 Å². The zero-order valence-electron chi connectivity index (χ0n) is 12.7. The van der Waals surface area contributed by atoms with Crippen LogP contribution in [0.5, 0.6) is 0 Å². The van der Waals surface area contributed by atoms with Gasteiger partial charge in [0, 0.05) is 13.3 Å². The Balaban J connectivity index is 5.31. The highest BCUT2D eigenvalue weighted by atomic mass is 16.5. The molecule has 0 aromatic heterocycles. The number of carbonyl (C=O) groups excluding carboxylic acids is 3. The van der Waals surface area contributed by atoms with Crippen LogP contribution in [-0.4, -0.2) is 38.7 Å². The van der Waals surface area contributed by atoms with Gasteiger partial charge >= 0.3 is 17.9 Å². The van der Waals surface area contributed by atoms with E-state index in [0.29, 0.717) is 5.57 Å². The zero-order valence-corrected chi connectivity index (χ0v) is 12.7. The first-order chi connectivity index (χ1) is 9.83. The molecule has 0 rings (SSSR count). The SMILES string of the molecule is C#CCC(C/C(C)=C\COC(C)=O)(C(=O)OC)C(=O)OC. The van der Waals surface area contributed by atoms with Crippen LogP contribution in [-0.2, 0) is 28.6 Å². The van der Waals surface area contributed by atoms with Crippen LogP contribution >= 0.6 is 0 Å². The molecule has 6 heteroatoms. The molecular weight excluding hydrogens is 276 g/mol. The molecule has 0 bridgehead atoms. The first kappa shape index (κ1) is 18.7. The molecule has 0 atom stereocenters. The second-order valence-corrected chi connectivity index (χ2v) is 4.48. The normalized spacial score (nSPS) is 11.3. The van der Waals surface area contributed by atoms with Crippen molar-refractivity contribution >= 4 is 17.9 Å². The van der Waals surface area contributed by atoms with E-state index in [1.807, 2.05) is 0 Å². The Morgan fingerprint density at radius 3 is 2.05 bits per heavy atom. The largest absolute Gasteiger partial charge is 0.468 e. The lowest BCUT2D eigenvalue weighted by atomic mass is 9.78. The van der Waals surface area contributed by atoms with Gasteiger partial charge in [-0.05, 0) is 19.4 Å². The fourth-order valence-electron chi connectivity index (χ4n) is 1.85. The Hall–Kier alpha value is -2.29. The van der Waals surface area contributed by atoms with Crippen molar-refractivity contribution in [1.29, 1.82) is 0 Å². The predicted octanol–water partition coefficient (Wildman–Crippen LogP) is 1.24. The molecule has 0 N–H and O–H groups in total. The quantitative estimate of drug-likeness (QED) is 0.231. The van der Waals surface area contributed by atoms with Gasteiger partial charge in [-0.25, -0.2) is 0 Å². The molecule has 0 fully saturated rings. The number of allylic oxidation sites excluding steroid dienone is 1. The van der Waals surface area contributed by atoms with Crippen molar-refractivity contribution in [3.05, 3.63) is 11.6 Å². The lowest BCUT2D eigenvalue weighted by molar-refractivity contribution is -0.168.